The van der Waals surface area contributed by atoms with Gasteiger partial charge >= 0.3 is 0 Å². The number of carbonyl (C=O) groups excluding carboxylic acids is 3. The summed E-state index contributed by atoms with van der Waals surface area (Å²) in [7, 11) is 0. The predicted octanol–water partition coefficient (Wildman–Crippen LogP) is 4.64. The molecular formula is C25H17ClN4O3. The van der Waals surface area contributed by atoms with Crippen LogP contribution in [0.25, 0.3) is 0 Å². The lowest BCUT2D eigenvalue weighted by molar-refractivity contribution is 0.0924. The summed E-state index contributed by atoms with van der Waals surface area (Å²) in [5.74, 6) is -1.07. The molecule has 4 aromatic rings. The standard InChI is InChI=1S/C25H17ClN4O3/c26-21-15-29(14-16-7-2-1-3-8-16)28-22(21)27-23(31)17-9-6-10-18(13-17)30-24(32)19-11-4-5-12-20(19)25(30)33/h1-13,15H,14H2,(H,27,28,31). The molecule has 0 atom stereocenters. The Labute approximate surface area is 194 Å². The third kappa shape index (κ3) is 3.90. The van der Waals surface area contributed by atoms with Crippen molar-refractivity contribution in [3.05, 3.63) is 112 Å². The minimum atomic E-state index is -0.458. The van der Waals surface area contributed by atoms with Crippen LogP contribution in [0.5, 0.6) is 0 Å². The molecule has 7 nitrogen and oxygen atoms in total. The van der Waals surface area contributed by atoms with Crippen LogP contribution in [0, 0.1) is 0 Å². The second-order valence-corrected chi connectivity index (χ2v) is 7.91. The maximum Gasteiger partial charge on any atom is 0.266 e. The number of carbonyl (C=O) groups is 3. The summed E-state index contributed by atoms with van der Waals surface area (Å²) in [5.41, 5.74) is 2.30. The predicted molar refractivity (Wildman–Crippen MR) is 125 cm³/mol. The van der Waals surface area contributed by atoms with Gasteiger partial charge in [0, 0.05) is 11.8 Å². The van der Waals surface area contributed by atoms with E-state index in [1.807, 2.05) is 30.3 Å². The van der Waals surface area contributed by atoms with Crippen LogP contribution in [0.2, 0.25) is 5.02 Å². The van der Waals surface area contributed by atoms with Gasteiger partial charge < -0.3 is 5.32 Å². The number of imide groups is 1. The highest BCUT2D eigenvalue weighted by atomic mass is 35.5. The Kier molecular flexibility index (Phi) is 5.24. The van der Waals surface area contributed by atoms with Crippen LogP contribution < -0.4 is 10.2 Å². The minimum Gasteiger partial charge on any atom is -0.304 e. The highest BCUT2D eigenvalue weighted by Gasteiger charge is 2.36. The summed E-state index contributed by atoms with van der Waals surface area (Å²) in [5, 5.41) is 7.36. The van der Waals surface area contributed by atoms with Crippen molar-refractivity contribution >= 4 is 40.8 Å². The first kappa shape index (κ1) is 20.7. The Hall–Kier alpha value is -4.23. The molecule has 3 amide bonds. The van der Waals surface area contributed by atoms with Gasteiger partial charge in [-0.2, -0.15) is 5.10 Å². The molecule has 162 valence electrons. The maximum atomic E-state index is 12.9. The molecule has 0 bridgehead atoms. The molecule has 0 radical (unpaired) electrons. The first-order valence-corrected chi connectivity index (χ1v) is 10.5. The number of nitrogens with zero attached hydrogens (tertiary/aromatic N) is 3. The first-order chi connectivity index (χ1) is 16.0. The van der Waals surface area contributed by atoms with Crippen molar-refractivity contribution in [3.63, 3.8) is 0 Å². The second kappa shape index (κ2) is 8.37. The molecule has 0 aliphatic carbocycles. The molecule has 33 heavy (non-hydrogen) atoms. The highest BCUT2D eigenvalue weighted by Crippen LogP contribution is 2.29. The van der Waals surface area contributed by atoms with E-state index in [0.29, 0.717) is 28.4 Å². The molecule has 1 N–H and O–H groups in total. The van der Waals surface area contributed by atoms with Crippen LogP contribution in [0.4, 0.5) is 11.5 Å². The van der Waals surface area contributed by atoms with Crippen LogP contribution in [-0.2, 0) is 6.54 Å². The molecule has 0 fully saturated rings. The van der Waals surface area contributed by atoms with Crippen molar-refractivity contribution in [2.75, 3.05) is 10.2 Å². The normalized spacial score (nSPS) is 12.7. The molecule has 5 rings (SSSR count). The molecule has 1 aliphatic rings. The van der Waals surface area contributed by atoms with E-state index >= 15 is 0 Å². The van der Waals surface area contributed by atoms with Crippen LogP contribution in [0.15, 0.2) is 85.1 Å². The monoisotopic (exact) mass is 456 g/mol. The zero-order chi connectivity index (χ0) is 22.9. The van der Waals surface area contributed by atoms with E-state index in [2.05, 4.69) is 10.4 Å². The van der Waals surface area contributed by atoms with Crippen molar-refractivity contribution in [1.29, 1.82) is 0 Å². The van der Waals surface area contributed by atoms with Gasteiger partial charge in [-0.25, -0.2) is 4.90 Å². The molecule has 0 saturated heterocycles. The fourth-order valence-electron chi connectivity index (χ4n) is 3.72. The van der Waals surface area contributed by atoms with Crippen LogP contribution in [0.3, 0.4) is 0 Å². The Morgan fingerprint density at radius 3 is 2.24 bits per heavy atom. The second-order valence-electron chi connectivity index (χ2n) is 7.50. The topological polar surface area (TPSA) is 84.3 Å². The van der Waals surface area contributed by atoms with Gasteiger partial charge in [-0.15, -0.1) is 0 Å². The van der Waals surface area contributed by atoms with Crippen molar-refractivity contribution in [1.82, 2.24) is 9.78 Å². The number of anilines is 2. The van der Waals surface area contributed by atoms with E-state index in [1.165, 1.54) is 6.07 Å². The molecule has 1 aromatic heterocycles. The van der Waals surface area contributed by atoms with Gasteiger partial charge in [0.05, 0.1) is 23.4 Å². The van der Waals surface area contributed by atoms with Crippen molar-refractivity contribution in [2.24, 2.45) is 0 Å². The van der Waals surface area contributed by atoms with Gasteiger partial charge in [0.1, 0.15) is 5.02 Å². The average Bonchev–Trinajstić information content (AvgIpc) is 3.30. The lowest BCUT2D eigenvalue weighted by Gasteiger charge is -2.15. The van der Waals surface area contributed by atoms with Gasteiger partial charge in [-0.1, -0.05) is 60.1 Å². The van der Waals surface area contributed by atoms with E-state index in [9.17, 15) is 14.4 Å². The van der Waals surface area contributed by atoms with Gasteiger partial charge in [0.25, 0.3) is 17.7 Å². The van der Waals surface area contributed by atoms with Crippen molar-refractivity contribution < 1.29 is 14.4 Å². The third-order valence-corrected chi connectivity index (χ3v) is 5.57. The number of fused-ring (bicyclic) bond motifs is 1. The smallest absolute Gasteiger partial charge is 0.266 e. The van der Waals surface area contributed by atoms with E-state index in [0.717, 1.165) is 10.5 Å². The number of hydrogen-bond donors (Lipinski definition) is 1. The molecule has 3 aromatic carbocycles. The van der Waals surface area contributed by atoms with Gasteiger partial charge in [-0.05, 0) is 35.9 Å². The van der Waals surface area contributed by atoms with Gasteiger partial charge in [-0.3, -0.25) is 19.1 Å². The minimum absolute atomic E-state index is 0.226. The highest BCUT2D eigenvalue weighted by molar-refractivity contribution is 6.35. The fraction of sp³-hybridized carbons (Fsp3) is 0.0400. The SMILES string of the molecule is O=C(Nc1nn(Cc2ccccc2)cc1Cl)c1cccc(N2C(=O)c3ccccc3C2=O)c1. The number of nitrogens with one attached hydrogen (secondary N) is 1. The van der Waals surface area contributed by atoms with E-state index in [-0.39, 0.29) is 11.4 Å². The molecule has 8 heteroatoms. The van der Waals surface area contributed by atoms with Crippen LogP contribution >= 0.6 is 11.6 Å². The fourth-order valence-corrected chi connectivity index (χ4v) is 3.92. The molecule has 0 saturated carbocycles. The quantitative estimate of drug-likeness (QED) is 0.443. The molecule has 0 spiro atoms. The summed E-state index contributed by atoms with van der Waals surface area (Å²) in [6.45, 7) is 0.506. The zero-order valence-electron chi connectivity index (χ0n) is 17.2. The maximum absolute atomic E-state index is 12.9. The Morgan fingerprint density at radius 2 is 1.55 bits per heavy atom. The van der Waals surface area contributed by atoms with Crippen LogP contribution in [0.1, 0.15) is 36.6 Å². The lowest BCUT2D eigenvalue weighted by atomic mass is 10.1. The van der Waals surface area contributed by atoms with Gasteiger partial charge in [0.15, 0.2) is 5.82 Å². The number of hydrogen-bond acceptors (Lipinski definition) is 4. The summed E-state index contributed by atoms with van der Waals surface area (Å²) < 4.78 is 1.64. The summed E-state index contributed by atoms with van der Waals surface area (Å²) in [4.78, 5) is 39.5. The molecular weight excluding hydrogens is 440 g/mol. The first-order valence-electron chi connectivity index (χ1n) is 10.2. The molecule has 2 heterocycles. The number of halogens is 1. The largest absolute Gasteiger partial charge is 0.304 e. The number of aromatic nitrogens is 2. The number of rotatable bonds is 5. The zero-order valence-corrected chi connectivity index (χ0v) is 18.0. The Balaban J connectivity index is 1.35. The van der Waals surface area contributed by atoms with Crippen molar-refractivity contribution in [3.8, 4) is 0 Å². The third-order valence-electron chi connectivity index (χ3n) is 5.30. The summed E-state index contributed by atoms with van der Waals surface area (Å²) in [6.07, 6.45) is 1.64. The lowest BCUT2D eigenvalue weighted by Crippen LogP contribution is -2.29. The van der Waals surface area contributed by atoms with Gasteiger partial charge in [0.2, 0.25) is 0 Å². The number of benzene rings is 3. The summed E-state index contributed by atoms with van der Waals surface area (Å²) >= 11 is 6.27. The van der Waals surface area contributed by atoms with Crippen LogP contribution in [-0.4, -0.2) is 27.5 Å². The Morgan fingerprint density at radius 1 is 0.879 bits per heavy atom. The number of amides is 3. The average molecular weight is 457 g/mol. The summed E-state index contributed by atoms with van der Waals surface area (Å²) in [6, 6.07) is 22.7. The van der Waals surface area contributed by atoms with Crippen molar-refractivity contribution in [2.45, 2.75) is 6.54 Å². The van der Waals surface area contributed by atoms with E-state index in [4.69, 9.17) is 11.6 Å². The Bertz CT molecular complexity index is 1360. The van der Waals surface area contributed by atoms with E-state index < -0.39 is 17.7 Å². The molecule has 1 aliphatic heterocycles. The molecule has 0 unspecified atom stereocenters. The van der Waals surface area contributed by atoms with E-state index in [1.54, 1.807) is 53.3 Å².